The van der Waals surface area contributed by atoms with Crippen molar-refractivity contribution in [1.29, 1.82) is 0 Å². The molecule has 1 saturated heterocycles. The molecule has 0 saturated carbocycles. The van der Waals surface area contributed by atoms with E-state index in [1.165, 1.54) is 0 Å². The van der Waals surface area contributed by atoms with Gasteiger partial charge in [0.25, 0.3) is 0 Å². The Balaban J connectivity index is 2.13. The molecule has 0 aliphatic carbocycles. The first kappa shape index (κ1) is 19.2. The highest BCUT2D eigenvalue weighted by atomic mass is 16.6. The maximum Gasteiger partial charge on any atom is 0.408 e. The van der Waals surface area contributed by atoms with E-state index in [2.05, 4.69) is 10.6 Å². The standard InChI is InChI=1S/C19H28N2O4/c1-18(2,3)25-17(23)20-15(14-8-6-5-7-9-14)16(22)21-19(4)10-12-24-13-11-19/h5-9,15H,10-13H2,1-4H3,(H,20,23)(H,21,22)/t15-/m1/s1. The summed E-state index contributed by atoms with van der Waals surface area (Å²) in [4.78, 5) is 25.1. The summed E-state index contributed by atoms with van der Waals surface area (Å²) < 4.78 is 10.7. The van der Waals surface area contributed by atoms with Crippen LogP contribution in [0.15, 0.2) is 30.3 Å². The largest absolute Gasteiger partial charge is 0.444 e. The van der Waals surface area contributed by atoms with Gasteiger partial charge in [-0.05, 0) is 46.1 Å². The molecule has 138 valence electrons. The number of rotatable bonds is 4. The second-order valence-electron chi connectivity index (χ2n) is 7.65. The summed E-state index contributed by atoms with van der Waals surface area (Å²) in [5.41, 5.74) is -0.256. The zero-order valence-corrected chi connectivity index (χ0v) is 15.4. The van der Waals surface area contributed by atoms with Gasteiger partial charge in [-0.25, -0.2) is 4.79 Å². The van der Waals surface area contributed by atoms with Crippen molar-refractivity contribution in [1.82, 2.24) is 10.6 Å². The van der Waals surface area contributed by atoms with Crippen molar-refractivity contribution in [2.24, 2.45) is 0 Å². The van der Waals surface area contributed by atoms with Crippen LogP contribution in [-0.2, 0) is 14.3 Å². The van der Waals surface area contributed by atoms with Gasteiger partial charge in [-0.3, -0.25) is 4.79 Å². The smallest absolute Gasteiger partial charge is 0.408 e. The van der Waals surface area contributed by atoms with E-state index >= 15 is 0 Å². The van der Waals surface area contributed by atoms with Crippen molar-refractivity contribution in [3.8, 4) is 0 Å². The Morgan fingerprint density at radius 1 is 1.16 bits per heavy atom. The fourth-order valence-corrected chi connectivity index (χ4v) is 2.69. The van der Waals surface area contributed by atoms with E-state index in [-0.39, 0.29) is 11.4 Å². The average molecular weight is 348 g/mol. The predicted octanol–water partition coefficient (Wildman–Crippen LogP) is 2.94. The third-order valence-electron chi connectivity index (χ3n) is 4.08. The van der Waals surface area contributed by atoms with Crippen molar-refractivity contribution >= 4 is 12.0 Å². The summed E-state index contributed by atoms with van der Waals surface area (Å²) in [6.07, 6.45) is 0.868. The maximum atomic E-state index is 12.9. The predicted molar refractivity (Wildman–Crippen MR) is 95.2 cm³/mol. The molecule has 1 aromatic rings. The molecule has 0 aromatic heterocycles. The second-order valence-corrected chi connectivity index (χ2v) is 7.65. The highest BCUT2D eigenvalue weighted by molar-refractivity contribution is 5.87. The van der Waals surface area contributed by atoms with Crippen molar-refractivity contribution in [3.05, 3.63) is 35.9 Å². The zero-order chi connectivity index (χ0) is 18.5. The van der Waals surface area contributed by atoms with E-state index in [1.54, 1.807) is 20.8 Å². The molecule has 1 atom stereocenters. The van der Waals surface area contributed by atoms with E-state index < -0.39 is 17.7 Å². The minimum atomic E-state index is -0.810. The lowest BCUT2D eigenvalue weighted by molar-refractivity contribution is -0.126. The van der Waals surface area contributed by atoms with Crippen LogP contribution in [-0.4, -0.2) is 36.4 Å². The van der Waals surface area contributed by atoms with Crippen molar-refractivity contribution < 1.29 is 19.1 Å². The Labute approximate surface area is 149 Å². The molecule has 1 aliphatic rings. The summed E-state index contributed by atoms with van der Waals surface area (Å²) >= 11 is 0. The maximum absolute atomic E-state index is 12.9. The lowest BCUT2D eigenvalue weighted by Gasteiger charge is -2.36. The first-order valence-electron chi connectivity index (χ1n) is 8.63. The van der Waals surface area contributed by atoms with Crippen LogP contribution < -0.4 is 10.6 Å². The van der Waals surface area contributed by atoms with Gasteiger partial charge in [0.15, 0.2) is 0 Å². The van der Waals surface area contributed by atoms with Gasteiger partial charge in [0.2, 0.25) is 5.91 Å². The highest BCUT2D eigenvalue weighted by Crippen LogP contribution is 2.22. The van der Waals surface area contributed by atoms with Crippen LogP contribution >= 0.6 is 0 Å². The molecule has 1 aliphatic heterocycles. The monoisotopic (exact) mass is 348 g/mol. The Hall–Kier alpha value is -2.08. The lowest BCUT2D eigenvalue weighted by atomic mass is 9.91. The molecule has 6 nitrogen and oxygen atoms in total. The normalized spacial score (nSPS) is 18.1. The Morgan fingerprint density at radius 3 is 2.32 bits per heavy atom. The summed E-state index contributed by atoms with van der Waals surface area (Å²) in [5.74, 6) is -0.249. The number of nitrogens with one attached hydrogen (secondary N) is 2. The first-order valence-corrected chi connectivity index (χ1v) is 8.63. The summed E-state index contributed by atoms with van der Waals surface area (Å²) in [5, 5.41) is 5.76. The quantitative estimate of drug-likeness (QED) is 0.877. The molecule has 0 unspecified atom stereocenters. The molecule has 0 spiro atoms. The Kier molecular flexibility index (Phi) is 6.06. The number of carbonyl (C=O) groups excluding carboxylic acids is 2. The number of hydrogen-bond acceptors (Lipinski definition) is 4. The first-order chi connectivity index (χ1) is 11.7. The lowest BCUT2D eigenvalue weighted by Crippen LogP contribution is -2.53. The number of carbonyl (C=O) groups is 2. The SMILES string of the molecule is CC1(NC(=O)[C@H](NC(=O)OC(C)(C)C)c2ccccc2)CCOCC1. The van der Waals surface area contributed by atoms with Gasteiger partial charge in [-0.1, -0.05) is 30.3 Å². The van der Waals surface area contributed by atoms with Crippen LogP contribution in [0.2, 0.25) is 0 Å². The van der Waals surface area contributed by atoms with Crippen LogP contribution in [0.4, 0.5) is 4.79 Å². The molecule has 6 heteroatoms. The van der Waals surface area contributed by atoms with E-state index in [9.17, 15) is 9.59 Å². The third-order valence-corrected chi connectivity index (χ3v) is 4.08. The number of ether oxygens (including phenoxy) is 2. The molecule has 2 rings (SSSR count). The van der Waals surface area contributed by atoms with Crippen LogP contribution in [0.25, 0.3) is 0 Å². The molecular formula is C19H28N2O4. The van der Waals surface area contributed by atoms with Gasteiger partial charge in [-0.2, -0.15) is 0 Å². The third kappa shape index (κ3) is 6.05. The Bertz CT molecular complexity index is 589. The molecule has 1 aromatic carbocycles. The van der Waals surface area contributed by atoms with Gasteiger partial charge < -0.3 is 20.1 Å². The fourth-order valence-electron chi connectivity index (χ4n) is 2.69. The van der Waals surface area contributed by atoms with Crippen LogP contribution in [0.5, 0.6) is 0 Å². The minimum absolute atomic E-state index is 0.249. The fraction of sp³-hybridized carbons (Fsp3) is 0.579. The number of alkyl carbamates (subject to hydrolysis) is 1. The molecule has 1 fully saturated rings. The topological polar surface area (TPSA) is 76.7 Å². The van der Waals surface area contributed by atoms with E-state index in [4.69, 9.17) is 9.47 Å². The number of benzene rings is 1. The van der Waals surface area contributed by atoms with E-state index in [0.717, 1.165) is 12.8 Å². The van der Waals surface area contributed by atoms with Crippen LogP contribution in [0.3, 0.4) is 0 Å². The van der Waals surface area contributed by atoms with Crippen molar-refractivity contribution in [2.75, 3.05) is 13.2 Å². The number of amides is 2. The van der Waals surface area contributed by atoms with Gasteiger partial charge in [0.05, 0.1) is 0 Å². The van der Waals surface area contributed by atoms with Gasteiger partial charge >= 0.3 is 6.09 Å². The molecule has 0 bridgehead atoms. The molecule has 25 heavy (non-hydrogen) atoms. The highest BCUT2D eigenvalue weighted by Gasteiger charge is 2.33. The molecule has 2 amide bonds. The van der Waals surface area contributed by atoms with Crippen molar-refractivity contribution in [2.45, 2.75) is 57.7 Å². The zero-order valence-electron chi connectivity index (χ0n) is 15.4. The van der Waals surface area contributed by atoms with Crippen LogP contribution in [0, 0.1) is 0 Å². The molecule has 1 heterocycles. The van der Waals surface area contributed by atoms with Crippen LogP contribution in [0.1, 0.15) is 52.1 Å². The molecule has 0 radical (unpaired) electrons. The number of hydrogen-bond donors (Lipinski definition) is 2. The summed E-state index contributed by atoms with van der Waals surface area (Å²) in [6.45, 7) is 8.59. The average Bonchev–Trinajstić information content (AvgIpc) is 2.52. The van der Waals surface area contributed by atoms with Crippen molar-refractivity contribution in [3.63, 3.8) is 0 Å². The molecular weight excluding hydrogens is 320 g/mol. The summed E-state index contributed by atoms with van der Waals surface area (Å²) in [6, 6.07) is 8.36. The van der Waals surface area contributed by atoms with E-state index in [0.29, 0.717) is 18.8 Å². The molecule has 2 N–H and O–H groups in total. The minimum Gasteiger partial charge on any atom is -0.444 e. The Morgan fingerprint density at radius 2 is 1.76 bits per heavy atom. The van der Waals surface area contributed by atoms with Gasteiger partial charge in [0.1, 0.15) is 11.6 Å². The second kappa shape index (κ2) is 7.87. The van der Waals surface area contributed by atoms with E-state index in [1.807, 2.05) is 37.3 Å². The summed E-state index contributed by atoms with van der Waals surface area (Å²) in [7, 11) is 0. The van der Waals surface area contributed by atoms with Gasteiger partial charge in [0, 0.05) is 18.8 Å². The van der Waals surface area contributed by atoms with Gasteiger partial charge in [-0.15, -0.1) is 0 Å².